The minimum absolute atomic E-state index is 0.0572. The lowest BCUT2D eigenvalue weighted by atomic mass is 10.2. The molecular formula is C26H26O11. The number of hydrogen-bond acceptors (Lipinski definition) is 11. The molecule has 11 heteroatoms. The van der Waals surface area contributed by atoms with Crippen molar-refractivity contribution >= 4 is 6.15 Å². The molecule has 196 valence electrons. The van der Waals surface area contributed by atoms with Crippen LogP contribution in [0.1, 0.15) is 11.1 Å². The molecule has 0 amide bonds. The van der Waals surface area contributed by atoms with Crippen LogP contribution in [0, 0.1) is 13.8 Å². The molecule has 0 aliphatic carbocycles. The van der Waals surface area contributed by atoms with Crippen molar-refractivity contribution in [2.75, 3.05) is 34.6 Å². The Hall–Kier alpha value is -4.76. The number of methoxy groups -OCH3 is 2. The van der Waals surface area contributed by atoms with Crippen molar-refractivity contribution < 1.29 is 52.6 Å². The van der Waals surface area contributed by atoms with Crippen molar-refractivity contribution in [3.8, 4) is 51.7 Å². The molecule has 1 N–H and O–H groups in total. The van der Waals surface area contributed by atoms with Gasteiger partial charge >= 0.3 is 6.15 Å². The van der Waals surface area contributed by atoms with E-state index < -0.39 is 0 Å². The first kappa shape index (κ1) is 26.8. The molecule has 0 bridgehead atoms. The number of aromatic hydroxyl groups is 1. The Morgan fingerprint density at radius 1 is 0.649 bits per heavy atom. The molecule has 3 aliphatic heterocycles. The zero-order chi connectivity index (χ0) is 26.8. The van der Waals surface area contributed by atoms with Crippen LogP contribution < -0.4 is 37.9 Å². The number of phenols is 1. The molecule has 0 atom stereocenters. The highest BCUT2D eigenvalue weighted by Crippen LogP contribution is 2.41. The Balaban J connectivity index is 0.000000147. The summed E-state index contributed by atoms with van der Waals surface area (Å²) >= 11 is 0. The lowest BCUT2D eigenvalue weighted by Crippen LogP contribution is -1.92. The molecule has 0 aromatic heterocycles. The monoisotopic (exact) mass is 514 g/mol. The van der Waals surface area contributed by atoms with Crippen LogP contribution in [0.3, 0.4) is 0 Å². The summed E-state index contributed by atoms with van der Waals surface area (Å²) in [7, 11) is 3.13. The van der Waals surface area contributed by atoms with E-state index >= 15 is 0 Å². The fourth-order valence-electron chi connectivity index (χ4n) is 3.32. The first-order valence-corrected chi connectivity index (χ1v) is 10.9. The predicted molar refractivity (Wildman–Crippen MR) is 127 cm³/mol. The van der Waals surface area contributed by atoms with Crippen LogP contribution in [0.4, 0.5) is 0 Å². The van der Waals surface area contributed by atoms with Gasteiger partial charge in [0.2, 0.25) is 20.4 Å². The molecule has 0 radical (unpaired) electrons. The lowest BCUT2D eigenvalue weighted by molar-refractivity contribution is -0.191. The quantitative estimate of drug-likeness (QED) is 0.533. The Morgan fingerprint density at radius 2 is 1.08 bits per heavy atom. The average molecular weight is 514 g/mol. The van der Waals surface area contributed by atoms with Crippen LogP contribution in [-0.2, 0) is 9.59 Å². The summed E-state index contributed by atoms with van der Waals surface area (Å²) in [6, 6.07) is 12.7. The summed E-state index contributed by atoms with van der Waals surface area (Å²) in [5, 5.41) is 9.31. The van der Waals surface area contributed by atoms with Crippen LogP contribution >= 0.6 is 0 Å². The molecule has 3 heterocycles. The largest absolute Gasteiger partial charge is 0.504 e. The molecule has 0 saturated heterocycles. The number of ether oxygens (including phenoxy) is 8. The number of hydrogen-bond donors (Lipinski definition) is 1. The molecule has 37 heavy (non-hydrogen) atoms. The van der Waals surface area contributed by atoms with E-state index in [2.05, 4.69) is 0 Å². The van der Waals surface area contributed by atoms with Gasteiger partial charge in [0.25, 0.3) is 0 Å². The van der Waals surface area contributed by atoms with Gasteiger partial charge in [0, 0.05) is 18.2 Å². The first-order valence-electron chi connectivity index (χ1n) is 10.9. The van der Waals surface area contributed by atoms with E-state index in [1.165, 1.54) is 18.7 Å². The highest BCUT2D eigenvalue weighted by molar-refractivity contribution is 5.54. The highest BCUT2D eigenvalue weighted by atomic mass is 16.7. The summed E-state index contributed by atoms with van der Waals surface area (Å²) in [5.41, 5.74) is 2.26. The predicted octanol–water partition coefficient (Wildman–Crippen LogP) is 4.00. The van der Waals surface area contributed by atoms with E-state index in [0.29, 0.717) is 30.8 Å². The average Bonchev–Trinajstić information content (AvgIpc) is 3.64. The van der Waals surface area contributed by atoms with Crippen molar-refractivity contribution in [2.45, 2.75) is 13.8 Å². The number of carbonyl (C=O) groups excluding carboxylic acids is 2. The van der Waals surface area contributed by atoms with Gasteiger partial charge in [-0.25, -0.2) is 0 Å². The fourth-order valence-corrected chi connectivity index (χ4v) is 3.32. The molecular weight excluding hydrogens is 488 g/mol. The second-order valence-electron chi connectivity index (χ2n) is 7.49. The molecule has 6 rings (SSSR count). The van der Waals surface area contributed by atoms with Gasteiger partial charge in [-0.3, -0.25) is 0 Å². The number of benzene rings is 3. The Morgan fingerprint density at radius 3 is 1.62 bits per heavy atom. The lowest BCUT2D eigenvalue weighted by Gasteiger charge is -2.04. The minimum atomic E-state index is 0.0572. The Labute approximate surface area is 212 Å². The molecule has 0 saturated carbocycles. The summed E-state index contributed by atoms with van der Waals surface area (Å²) in [5.74, 6) is 5.70. The maximum atomic E-state index is 9.31. The number of phenolic OH excluding ortho intramolecular Hbond substituents is 1. The van der Waals surface area contributed by atoms with E-state index in [4.69, 9.17) is 47.5 Å². The maximum Gasteiger partial charge on any atom is 0.373 e. The molecule has 3 aromatic rings. The first-order chi connectivity index (χ1) is 17.9. The van der Waals surface area contributed by atoms with Gasteiger partial charge in [0.1, 0.15) is 5.75 Å². The number of fused-ring (bicyclic) bond motifs is 3. The van der Waals surface area contributed by atoms with Gasteiger partial charge in [0.15, 0.2) is 46.0 Å². The Kier molecular flexibility index (Phi) is 9.29. The Bertz CT molecular complexity index is 1180. The van der Waals surface area contributed by atoms with E-state index in [9.17, 15) is 5.11 Å². The summed E-state index contributed by atoms with van der Waals surface area (Å²) in [4.78, 5) is 16.2. The van der Waals surface area contributed by atoms with Crippen molar-refractivity contribution in [2.24, 2.45) is 0 Å². The summed E-state index contributed by atoms with van der Waals surface area (Å²) in [6.45, 7) is 4.87. The van der Waals surface area contributed by atoms with Gasteiger partial charge in [-0.05, 0) is 43.2 Å². The van der Waals surface area contributed by atoms with E-state index in [-0.39, 0.29) is 18.7 Å². The van der Waals surface area contributed by atoms with Crippen molar-refractivity contribution in [1.82, 2.24) is 0 Å². The topological polar surface area (TPSA) is 128 Å². The zero-order valence-electron chi connectivity index (χ0n) is 20.7. The van der Waals surface area contributed by atoms with Crippen molar-refractivity contribution in [1.29, 1.82) is 0 Å². The maximum absolute atomic E-state index is 9.31. The van der Waals surface area contributed by atoms with Gasteiger partial charge in [-0.2, -0.15) is 9.59 Å². The third-order valence-corrected chi connectivity index (χ3v) is 5.09. The molecule has 0 fully saturated rings. The molecule has 11 nitrogen and oxygen atoms in total. The van der Waals surface area contributed by atoms with E-state index in [1.807, 2.05) is 44.2 Å². The van der Waals surface area contributed by atoms with E-state index in [1.54, 1.807) is 13.2 Å². The van der Waals surface area contributed by atoms with Crippen LogP contribution in [0.2, 0.25) is 0 Å². The summed E-state index contributed by atoms with van der Waals surface area (Å²) < 4.78 is 40.8. The van der Waals surface area contributed by atoms with Crippen molar-refractivity contribution in [3.63, 3.8) is 0 Å². The normalized spacial score (nSPS) is 12.4. The SMILES string of the molecule is COc1cc2c(cc1C)OCO2.COc1cc2c(cc1O)OCO2.Cc1ccc2c(c1)OCO2.O=C=O. The highest BCUT2D eigenvalue weighted by Gasteiger charge is 2.17. The summed E-state index contributed by atoms with van der Waals surface area (Å²) in [6.07, 6.45) is 0.250. The van der Waals surface area contributed by atoms with Crippen LogP contribution in [0.15, 0.2) is 42.5 Å². The van der Waals surface area contributed by atoms with E-state index in [0.717, 1.165) is 34.3 Å². The van der Waals surface area contributed by atoms with Crippen LogP contribution in [-0.4, -0.2) is 45.9 Å². The number of rotatable bonds is 2. The molecule has 3 aromatic carbocycles. The third kappa shape index (κ3) is 6.89. The van der Waals surface area contributed by atoms with Gasteiger partial charge in [0.05, 0.1) is 14.2 Å². The minimum Gasteiger partial charge on any atom is -0.504 e. The fraction of sp³-hybridized carbons (Fsp3) is 0.269. The van der Waals surface area contributed by atoms with Crippen molar-refractivity contribution in [3.05, 3.63) is 53.6 Å². The number of aryl methyl sites for hydroxylation is 2. The molecule has 3 aliphatic rings. The van der Waals surface area contributed by atoms with Crippen LogP contribution in [0.25, 0.3) is 0 Å². The van der Waals surface area contributed by atoms with Crippen LogP contribution in [0.5, 0.6) is 51.7 Å². The van der Waals surface area contributed by atoms with Gasteiger partial charge < -0.3 is 43.0 Å². The third-order valence-electron chi connectivity index (χ3n) is 5.09. The molecule has 0 spiro atoms. The second-order valence-corrected chi connectivity index (χ2v) is 7.49. The van der Waals surface area contributed by atoms with Gasteiger partial charge in [-0.1, -0.05) is 6.07 Å². The molecule has 0 unspecified atom stereocenters. The van der Waals surface area contributed by atoms with Gasteiger partial charge in [-0.15, -0.1) is 0 Å². The smallest absolute Gasteiger partial charge is 0.373 e. The zero-order valence-corrected chi connectivity index (χ0v) is 20.7. The standard InChI is InChI=1S/C9H10O3.C8H8O4.C8H8O2.CO2/c1-6-3-8-9(12-5-11-8)4-7(6)10-2;1-10-6-3-8-7(2-5(6)9)11-4-12-8;1-6-2-3-7-8(4-6)10-5-9-7;2-1-3/h3-4H,5H2,1-2H3;2-3,9H,4H2,1H3;2-4H,5H2,1H3;. The second kappa shape index (κ2) is 12.8.